The maximum Gasteiger partial charge on any atom is 0.416 e. The summed E-state index contributed by atoms with van der Waals surface area (Å²) in [5.74, 6) is -0.0718. The van der Waals surface area contributed by atoms with Crippen LogP contribution in [0.5, 0.6) is 0 Å². The first-order valence-electron chi connectivity index (χ1n) is 6.55. The van der Waals surface area contributed by atoms with Crippen molar-refractivity contribution in [2.75, 3.05) is 6.54 Å². The predicted molar refractivity (Wildman–Crippen MR) is 68.1 cm³/mol. The van der Waals surface area contributed by atoms with Crippen molar-refractivity contribution in [3.63, 3.8) is 0 Å². The molecule has 1 aliphatic heterocycles. The molecule has 1 aliphatic rings. The fourth-order valence-electron chi connectivity index (χ4n) is 2.56. The lowest BCUT2D eigenvalue weighted by Gasteiger charge is -2.18. The number of benzene rings is 1. The molecular formula is C14H13F4N3. The molecule has 3 nitrogen and oxygen atoms in total. The van der Waals surface area contributed by atoms with E-state index in [0.717, 1.165) is 18.4 Å². The molecule has 1 N–H and O–H groups in total. The lowest BCUT2D eigenvalue weighted by atomic mass is 10.0. The highest BCUT2D eigenvalue weighted by Gasteiger charge is 2.34. The van der Waals surface area contributed by atoms with E-state index < -0.39 is 17.6 Å². The minimum Gasteiger partial charge on any atom is -0.329 e. The Morgan fingerprint density at radius 2 is 2.10 bits per heavy atom. The molecule has 0 bridgehead atoms. The van der Waals surface area contributed by atoms with E-state index in [4.69, 9.17) is 0 Å². The van der Waals surface area contributed by atoms with Gasteiger partial charge in [-0.2, -0.15) is 13.2 Å². The summed E-state index contributed by atoms with van der Waals surface area (Å²) in [6, 6.07) is 2.79. The zero-order valence-corrected chi connectivity index (χ0v) is 11.0. The first-order valence-corrected chi connectivity index (χ1v) is 6.55. The fourth-order valence-corrected chi connectivity index (χ4v) is 2.56. The van der Waals surface area contributed by atoms with E-state index in [1.807, 2.05) is 4.57 Å². The van der Waals surface area contributed by atoms with Gasteiger partial charge in [0.05, 0.1) is 12.1 Å². The van der Waals surface area contributed by atoms with Gasteiger partial charge in [0.1, 0.15) is 11.6 Å². The third kappa shape index (κ3) is 2.78. The number of nitrogens with zero attached hydrogens (tertiary/aromatic N) is 2. The van der Waals surface area contributed by atoms with Gasteiger partial charge in [0.15, 0.2) is 0 Å². The molecule has 0 unspecified atom stereocenters. The highest BCUT2D eigenvalue weighted by Crippen LogP contribution is 2.33. The average molecular weight is 299 g/mol. The Hall–Kier alpha value is -1.89. The van der Waals surface area contributed by atoms with Crippen LogP contribution >= 0.6 is 0 Å². The number of hydrogen-bond donors (Lipinski definition) is 1. The summed E-state index contributed by atoms with van der Waals surface area (Å²) in [7, 11) is 0. The maximum absolute atomic E-state index is 13.1. The SMILES string of the molecule is Fc1ccc(Cc2cnc3n2CCNC3)c(C(F)(F)F)c1. The molecule has 2 aromatic rings. The van der Waals surface area contributed by atoms with Gasteiger partial charge in [-0.15, -0.1) is 0 Å². The first-order chi connectivity index (χ1) is 9.95. The largest absolute Gasteiger partial charge is 0.416 e. The second-order valence-corrected chi connectivity index (χ2v) is 4.97. The Bertz CT molecular complexity index is 661. The summed E-state index contributed by atoms with van der Waals surface area (Å²) in [5.41, 5.74) is -0.152. The summed E-state index contributed by atoms with van der Waals surface area (Å²) in [6.45, 7) is 2.04. The van der Waals surface area contributed by atoms with Crippen LogP contribution < -0.4 is 5.32 Å². The number of nitrogens with one attached hydrogen (secondary N) is 1. The van der Waals surface area contributed by atoms with Crippen molar-refractivity contribution in [2.45, 2.75) is 25.7 Å². The summed E-state index contributed by atoms with van der Waals surface area (Å²) < 4.78 is 54.0. The van der Waals surface area contributed by atoms with E-state index in [1.165, 1.54) is 6.07 Å². The summed E-state index contributed by atoms with van der Waals surface area (Å²) in [6.07, 6.45) is -2.89. The highest BCUT2D eigenvalue weighted by atomic mass is 19.4. The average Bonchev–Trinajstić information content (AvgIpc) is 2.83. The van der Waals surface area contributed by atoms with Crippen molar-refractivity contribution in [2.24, 2.45) is 0 Å². The summed E-state index contributed by atoms with van der Waals surface area (Å²) in [4.78, 5) is 4.21. The van der Waals surface area contributed by atoms with Gasteiger partial charge in [0, 0.05) is 31.4 Å². The lowest BCUT2D eigenvalue weighted by molar-refractivity contribution is -0.138. The Kier molecular flexibility index (Phi) is 3.44. The van der Waals surface area contributed by atoms with Gasteiger partial charge in [-0.1, -0.05) is 6.07 Å². The normalized spacial score (nSPS) is 15.0. The van der Waals surface area contributed by atoms with E-state index in [1.54, 1.807) is 6.20 Å². The highest BCUT2D eigenvalue weighted by molar-refractivity contribution is 5.33. The Balaban J connectivity index is 1.97. The minimum absolute atomic E-state index is 0.0603. The van der Waals surface area contributed by atoms with Crippen LogP contribution in [0.2, 0.25) is 0 Å². The van der Waals surface area contributed by atoms with Gasteiger partial charge >= 0.3 is 6.18 Å². The minimum atomic E-state index is -4.57. The molecule has 0 spiro atoms. The third-order valence-corrected chi connectivity index (χ3v) is 3.57. The van der Waals surface area contributed by atoms with Crippen LogP contribution in [0.25, 0.3) is 0 Å². The third-order valence-electron chi connectivity index (χ3n) is 3.57. The predicted octanol–water partition coefficient (Wildman–Crippen LogP) is 2.74. The number of rotatable bonds is 2. The van der Waals surface area contributed by atoms with Crippen molar-refractivity contribution < 1.29 is 17.6 Å². The Morgan fingerprint density at radius 1 is 1.29 bits per heavy atom. The standard InChI is InChI=1S/C14H13F4N3/c15-10-2-1-9(12(6-10)14(16,17)18)5-11-7-20-13-8-19-3-4-21(11)13/h1-2,6-7,19H,3-5,8H2. The zero-order valence-electron chi connectivity index (χ0n) is 11.0. The quantitative estimate of drug-likeness (QED) is 0.864. The molecule has 0 aliphatic carbocycles. The van der Waals surface area contributed by atoms with Gasteiger partial charge in [0.25, 0.3) is 0 Å². The second-order valence-electron chi connectivity index (χ2n) is 4.97. The zero-order chi connectivity index (χ0) is 15.0. The van der Waals surface area contributed by atoms with Crippen LogP contribution in [0, 0.1) is 5.82 Å². The van der Waals surface area contributed by atoms with Gasteiger partial charge < -0.3 is 9.88 Å². The topological polar surface area (TPSA) is 29.9 Å². The number of alkyl halides is 3. The molecule has 0 amide bonds. The second kappa shape index (κ2) is 5.14. The Labute approximate surface area is 118 Å². The maximum atomic E-state index is 13.1. The van der Waals surface area contributed by atoms with Crippen molar-refractivity contribution in [3.8, 4) is 0 Å². The van der Waals surface area contributed by atoms with Crippen LogP contribution in [0.1, 0.15) is 22.6 Å². The van der Waals surface area contributed by atoms with Crippen molar-refractivity contribution in [1.82, 2.24) is 14.9 Å². The number of aromatic nitrogens is 2. The number of imidazole rings is 1. The van der Waals surface area contributed by atoms with E-state index in [9.17, 15) is 17.6 Å². The Morgan fingerprint density at radius 3 is 2.86 bits per heavy atom. The molecule has 1 aromatic heterocycles. The fraction of sp³-hybridized carbons (Fsp3) is 0.357. The van der Waals surface area contributed by atoms with Crippen LogP contribution in [-0.4, -0.2) is 16.1 Å². The van der Waals surface area contributed by atoms with Crippen LogP contribution in [0.3, 0.4) is 0 Å². The molecule has 0 radical (unpaired) electrons. The first kappa shape index (κ1) is 14.1. The van der Waals surface area contributed by atoms with Gasteiger partial charge in [-0.3, -0.25) is 0 Å². The van der Waals surface area contributed by atoms with E-state index in [2.05, 4.69) is 10.3 Å². The van der Waals surface area contributed by atoms with Crippen molar-refractivity contribution >= 4 is 0 Å². The lowest BCUT2D eigenvalue weighted by Crippen LogP contribution is -2.29. The van der Waals surface area contributed by atoms with Crippen molar-refractivity contribution in [1.29, 1.82) is 0 Å². The smallest absolute Gasteiger partial charge is 0.329 e. The molecule has 0 atom stereocenters. The van der Waals surface area contributed by atoms with E-state index in [-0.39, 0.29) is 12.0 Å². The molecule has 112 valence electrons. The summed E-state index contributed by atoms with van der Waals surface area (Å²) in [5, 5.41) is 3.15. The summed E-state index contributed by atoms with van der Waals surface area (Å²) >= 11 is 0. The molecule has 0 fully saturated rings. The van der Waals surface area contributed by atoms with Gasteiger partial charge in [0.2, 0.25) is 0 Å². The number of hydrogen-bond acceptors (Lipinski definition) is 2. The van der Waals surface area contributed by atoms with Crippen molar-refractivity contribution in [3.05, 3.63) is 52.9 Å². The van der Waals surface area contributed by atoms with E-state index in [0.29, 0.717) is 24.8 Å². The van der Waals surface area contributed by atoms with Crippen LogP contribution in [0.15, 0.2) is 24.4 Å². The molecule has 2 heterocycles. The van der Waals surface area contributed by atoms with Crippen LogP contribution in [0.4, 0.5) is 17.6 Å². The van der Waals surface area contributed by atoms with E-state index >= 15 is 0 Å². The van der Waals surface area contributed by atoms with Gasteiger partial charge in [-0.25, -0.2) is 9.37 Å². The van der Waals surface area contributed by atoms with Crippen LogP contribution in [-0.2, 0) is 25.7 Å². The molecule has 1 aromatic carbocycles. The monoisotopic (exact) mass is 299 g/mol. The van der Waals surface area contributed by atoms with Gasteiger partial charge in [-0.05, 0) is 17.7 Å². The molecule has 21 heavy (non-hydrogen) atoms. The number of fused-ring (bicyclic) bond motifs is 1. The molecular weight excluding hydrogens is 286 g/mol. The molecule has 0 saturated carbocycles. The molecule has 0 saturated heterocycles. The molecule has 3 rings (SSSR count). The molecule has 7 heteroatoms. The number of halogens is 4.